The number of hydrogen-bond donors (Lipinski definition) is 1. The lowest BCUT2D eigenvalue weighted by atomic mass is 10.3. The van der Waals surface area contributed by atoms with Gasteiger partial charge in [0.25, 0.3) is 10.1 Å². The standard InChI is InChI=1S/C8H12O3S/c1-3-5-7-8(6-4-2)12(9,10)11/h3-4,7H,1-2,5-6H2,(H,9,10,11). The van der Waals surface area contributed by atoms with Crippen LogP contribution in [-0.2, 0) is 10.1 Å². The summed E-state index contributed by atoms with van der Waals surface area (Å²) in [5, 5.41) is 0. The first-order chi connectivity index (χ1) is 5.52. The lowest BCUT2D eigenvalue weighted by Crippen LogP contribution is -2.00. The van der Waals surface area contributed by atoms with Crippen LogP contribution in [0.3, 0.4) is 0 Å². The fourth-order valence-electron chi connectivity index (χ4n) is 0.651. The molecule has 68 valence electrons. The Labute approximate surface area is 72.9 Å². The molecule has 3 nitrogen and oxygen atoms in total. The summed E-state index contributed by atoms with van der Waals surface area (Å²) < 4.78 is 29.9. The van der Waals surface area contributed by atoms with Gasteiger partial charge < -0.3 is 0 Å². The molecule has 0 fully saturated rings. The van der Waals surface area contributed by atoms with Gasteiger partial charge >= 0.3 is 0 Å². The van der Waals surface area contributed by atoms with Crippen molar-refractivity contribution in [3.05, 3.63) is 36.3 Å². The van der Waals surface area contributed by atoms with E-state index >= 15 is 0 Å². The van der Waals surface area contributed by atoms with Crippen molar-refractivity contribution >= 4 is 10.1 Å². The summed E-state index contributed by atoms with van der Waals surface area (Å²) in [5.41, 5.74) is 0. The highest BCUT2D eigenvalue weighted by Gasteiger charge is 2.10. The van der Waals surface area contributed by atoms with Crippen LogP contribution in [0.2, 0.25) is 0 Å². The zero-order valence-electron chi connectivity index (χ0n) is 6.73. The van der Waals surface area contributed by atoms with E-state index in [4.69, 9.17) is 4.55 Å². The predicted molar refractivity (Wildman–Crippen MR) is 49.3 cm³/mol. The van der Waals surface area contributed by atoms with Gasteiger partial charge in [0.1, 0.15) is 0 Å². The van der Waals surface area contributed by atoms with Crippen molar-refractivity contribution < 1.29 is 13.0 Å². The third-order valence-electron chi connectivity index (χ3n) is 1.19. The molecule has 0 atom stereocenters. The minimum absolute atomic E-state index is 0.0302. The van der Waals surface area contributed by atoms with Gasteiger partial charge in [0, 0.05) is 6.42 Å². The third-order valence-corrected chi connectivity index (χ3v) is 2.19. The normalized spacial score (nSPS) is 12.6. The second kappa shape index (κ2) is 4.90. The predicted octanol–water partition coefficient (Wildman–Crippen LogP) is 1.91. The lowest BCUT2D eigenvalue weighted by molar-refractivity contribution is 0.490. The van der Waals surface area contributed by atoms with Crippen molar-refractivity contribution in [2.24, 2.45) is 0 Å². The van der Waals surface area contributed by atoms with Crippen LogP contribution in [-0.4, -0.2) is 13.0 Å². The molecule has 0 radical (unpaired) electrons. The van der Waals surface area contributed by atoms with Gasteiger partial charge in [0.2, 0.25) is 0 Å². The van der Waals surface area contributed by atoms with E-state index in [-0.39, 0.29) is 11.3 Å². The van der Waals surface area contributed by atoms with E-state index in [2.05, 4.69) is 13.2 Å². The molecule has 0 bridgehead atoms. The molecule has 0 aromatic rings. The molecule has 12 heavy (non-hydrogen) atoms. The van der Waals surface area contributed by atoms with E-state index in [1.165, 1.54) is 12.2 Å². The number of rotatable bonds is 5. The second-order valence-corrected chi connectivity index (χ2v) is 3.64. The molecule has 0 aliphatic carbocycles. The molecule has 0 heterocycles. The summed E-state index contributed by atoms with van der Waals surface area (Å²) in [5.74, 6) is 0. The molecule has 0 spiro atoms. The Morgan fingerprint density at radius 2 is 1.92 bits per heavy atom. The van der Waals surface area contributed by atoms with Gasteiger partial charge in [-0.25, -0.2) is 0 Å². The van der Waals surface area contributed by atoms with Crippen LogP contribution in [0.15, 0.2) is 36.3 Å². The van der Waals surface area contributed by atoms with Crippen molar-refractivity contribution in [3.8, 4) is 0 Å². The van der Waals surface area contributed by atoms with E-state index in [1.54, 1.807) is 6.08 Å². The Bertz CT molecular complexity index is 285. The number of allylic oxidation sites excluding steroid dienone is 4. The molecule has 0 unspecified atom stereocenters. The molecule has 0 saturated carbocycles. The van der Waals surface area contributed by atoms with Gasteiger partial charge in [-0.15, -0.1) is 13.2 Å². The SMILES string of the molecule is C=CCC=C(CC=C)S(=O)(=O)O. The average molecular weight is 188 g/mol. The van der Waals surface area contributed by atoms with Gasteiger partial charge in [-0.1, -0.05) is 18.2 Å². The van der Waals surface area contributed by atoms with Gasteiger partial charge in [-0.2, -0.15) is 8.42 Å². The van der Waals surface area contributed by atoms with Gasteiger partial charge in [0.05, 0.1) is 4.91 Å². The summed E-state index contributed by atoms with van der Waals surface area (Å²) in [7, 11) is -4.06. The minimum Gasteiger partial charge on any atom is -0.282 e. The van der Waals surface area contributed by atoms with Crippen molar-refractivity contribution in [2.45, 2.75) is 12.8 Å². The maximum Gasteiger partial charge on any atom is 0.290 e. The van der Waals surface area contributed by atoms with Crippen molar-refractivity contribution in [1.82, 2.24) is 0 Å². The quantitative estimate of drug-likeness (QED) is 0.529. The van der Waals surface area contributed by atoms with Crippen molar-refractivity contribution in [1.29, 1.82) is 0 Å². The topological polar surface area (TPSA) is 54.4 Å². The van der Waals surface area contributed by atoms with Crippen LogP contribution in [0.25, 0.3) is 0 Å². The van der Waals surface area contributed by atoms with E-state index in [0.717, 1.165) is 0 Å². The first-order valence-corrected chi connectivity index (χ1v) is 4.84. The third kappa shape index (κ3) is 4.10. The zero-order valence-corrected chi connectivity index (χ0v) is 7.55. The fourth-order valence-corrected chi connectivity index (χ4v) is 1.29. The smallest absolute Gasteiger partial charge is 0.282 e. The second-order valence-electron chi connectivity index (χ2n) is 2.16. The van der Waals surface area contributed by atoms with E-state index < -0.39 is 10.1 Å². The Hall–Kier alpha value is -0.870. The Balaban J connectivity index is 4.66. The molecule has 0 saturated heterocycles. The van der Waals surface area contributed by atoms with E-state index in [0.29, 0.717) is 6.42 Å². The summed E-state index contributed by atoms with van der Waals surface area (Å²) in [4.78, 5) is -0.0302. The summed E-state index contributed by atoms with van der Waals surface area (Å²) in [6.45, 7) is 6.81. The van der Waals surface area contributed by atoms with Crippen LogP contribution >= 0.6 is 0 Å². The highest BCUT2D eigenvalue weighted by atomic mass is 32.2. The van der Waals surface area contributed by atoms with Crippen LogP contribution in [0.4, 0.5) is 0 Å². The van der Waals surface area contributed by atoms with Crippen molar-refractivity contribution in [2.75, 3.05) is 0 Å². The first-order valence-electron chi connectivity index (χ1n) is 3.40. The summed E-state index contributed by atoms with van der Waals surface area (Å²) >= 11 is 0. The largest absolute Gasteiger partial charge is 0.290 e. The molecular formula is C8H12O3S. The maximum absolute atomic E-state index is 10.6. The van der Waals surface area contributed by atoms with E-state index in [9.17, 15) is 8.42 Å². The van der Waals surface area contributed by atoms with Crippen LogP contribution in [0.5, 0.6) is 0 Å². The van der Waals surface area contributed by atoms with Crippen LogP contribution < -0.4 is 0 Å². The summed E-state index contributed by atoms with van der Waals surface area (Å²) in [6.07, 6.45) is 4.94. The van der Waals surface area contributed by atoms with Crippen molar-refractivity contribution in [3.63, 3.8) is 0 Å². The molecule has 0 amide bonds. The van der Waals surface area contributed by atoms with Crippen LogP contribution in [0.1, 0.15) is 12.8 Å². The molecule has 4 heteroatoms. The maximum atomic E-state index is 10.6. The first kappa shape index (κ1) is 11.1. The lowest BCUT2D eigenvalue weighted by Gasteiger charge is -1.98. The molecule has 0 aliphatic heterocycles. The average Bonchev–Trinajstić information content (AvgIpc) is 1.95. The highest BCUT2D eigenvalue weighted by molar-refractivity contribution is 7.89. The minimum atomic E-state index is -4.06. The summed E-state index contributed by atoms with van der Waals surface area (Å²) in [6, 6.07) is 0. The molecule has 0 aliphatic rings. The van der Waals surface area contributed by atoms with E-state index in [1.807, 2.05) is 0 Å². The van der Waals surface area contributed by atoms with Gasteiger partial charge in [-0.3, -0.25) is 4.55 Å². The molecule has 0 aromatic heterocycles. The Kier molecular flexibility index (Phi) is 4.54. The molecule has 1 N–H and O–H groups in total. The fraction of sp³-hybridized carbons (Fsp3) is 0.250. The van der Waals surface area contributed by atoms with Gasteiger partial charge in [-0.05, 0) is 6.42 Å². The van der Waals surface area contributed by atoms with Crippen LogP contribution in [0, 0.1) is 0 Å². The monoisotopic (exact) mass is 188 g/mol. The zero-order chi connectivity index (χ0) is 9.61. The highest BCUT2D eigenvalue weighted by Crippen LogP contribution is 2.10. The Morgan fingerprint density at radius 3 is 2.25 bits per heavy atom. The molecule has 0 aromatic carbocycles. The van der Waals surface area contributed by atoms with Gasteiger partial charge in [0.15, 0.2) is 0 Å². The molecule has 0 rings (SSSR count). The molecular weight excluding hydrogens is 176 g/mol. The number of hydrogen-bond acceptors (Lipinski definition) is 2. The Morgan fingerprint density at radius 1 is 1.33 bits per heavy atom.